The van der Waals surface area contributed by atoms with Gasteiger partial charge in [0.1, 0.15) is 11.9 Å². The number of alkyl halides is 1. The molecule has 1 aromatic rings. The minimum atomic E-state index is -0.725. The molecular formula is C23H33ClN2O4. The number of ether oxygens (including phenoxy) is 2. The van der Waals surface area contributed by atoms with Gasteiger partial charge >= 0.3 is 0 Å². The van der Waals surface area contributed by atoms with Gasteiger partial charge in [0.25, 0.3) is 0 Å². The Morgan fingerprint density at radius 2 is 1.83 bits per heavy atom. The quantitative estimate of drug-likeness (QED) is 0.465. The van der Waals surface area contributed by atoms with E-state index >= 15 is 0 Å². The summed E-state index contributed by atoms with van der Waals surface area (Å²) < 4.78 is 11.1. The van der Waals surface area contributed by atoms with Crippen molar-refractivity contribution >= 4 is 23.4 Å². The maximum Gasteiger partial charge on any atom is 0.247 e. The summed E-state index contributed by atoms with van der Waals surface area (Å²) in [6, 6.07) is 4.94. The van der Waals surface area contributed by atoms with Crippen LogP contribution in [0.2, 0.25) is 0 Å². The first-order chi connectivity index (χ1) is 14.6. The summed E-state index contributed by atoms with van der Waals surface area (Å²) in [5, 5.41) is 3.23. The molecule has 0 spiro atoms. The Labute approximate surface area is 184 Å². The fourth-order valence-electron chi connectivity index (χ4n) is 4.25. The third kappa shape index (κ3) is 5.60. The molecule has 0 bridgehead atoms. The molecule has 2 amide bonds. The average molecular weight is 437 g/mol. The van der Waals surface area contributed by atoms with Crippen LogP contribution in [-0.4, -0.2) is 48.4 Å². The van der Waals surface area contributed by atoms with Crippen LogP contribution in [0, 0.1) is 0 Å². The molecule has 30 heavy (non-hydrogen) atoms. The highest BCUT2D eigenvalue weighted by atomic mass is 35.5. The van der Waals surface area contributed by atoms with Crippen LogP contribution < -0.4 is 14.8 Å². The van der Waals surface area contributed by atoms with Gasteiger partial charge in [-0.1, -0.05) is 31.7 Å². The minimum absolute atomic E-state index is 0.0543. The number of rotatable bonds is 9. The summed E-state index contributed by atoms with van der Waals surface area (Å²) in [6.45, 7) is 2.42. The fourth-order valence-corrected chi connectivity index (χ4v) is 4.39. The van der Waals surface area contributed by atoms with Crippen molar-refractivity contribution in [2.24, 2.45) is 0 Å². The lowest BCUT2D eigenvalue weighted by Gasteiger charge is -2.32. The zero-order valence-electron chi connectivity index (χ0n) is 18.0. The molecule has 0 aromatic heterocycles. The van der Waals surface area contributed by atoms with Gasteiger partial charge in [0.2, 0.25) is 11.8 Å². The predicted molar refractivity (Wildman–Crippen MR) is 117 cm³/mol. The van der Waals surface area contributed by atoms with Crippen LogP contribution in [0.5, 0.6) is 11.5 Å². The van der Waals surface area contributed by atoms with Gasteiger partial charge in [-0.25, -0.2) is 0 Å². The van der Waals surface area contributed by atoms with Crippen molar-refractivity contribution in [3.63, 3.8) is 0 Å². The highest BCUT2D eigenvalue weighted by Gasteiger charge is 2.41. The largest absolute Gasteiger partial charge is 0.493 e. The first-order valence-electron chi connectivity index (χ1n) is 11.1. The molecule has 7 heteroatoms. The topological polar surface area (TPSA) is 67.9 Å². The van der Waals surface area contributed by atoms with Gasteiger partial charge in [-0.2, -0.15) is 0 Å². The normalized spacial score (nSPS) is 18.2. The molecule has 1 aromatic carbocycles. The van der Waals surface area contributed by atoms with Crippen molar-refractivity contribution < 1.29 is 19.1 Å². The molecule has 1 unspecified atom stereocenters. The van der Waals surface area contributed by atoms with E-state index < -0.39 is 6.04 Å². The van der Waals surface area contributed by atoms with Crippen molar-refractivity contribution in [3.05, 3.63) is 23.8 Å². The Balaban J connectivity index is 1.92. The van der Waals surface area contributed by atoms with Crippen LogP contribution in [-0.2, 0) is 9.59 Å². The lowest BCUT2D eigenvalue weighted by atomic mass is 10.0. The van der Waals surface area contributed by atoms with Crippen molar-refractivity contribution in [2.45, 2.75) is 76.4 Å². The molecule has 2 saturated carbocycles. The molecule has 2 fully saturated rings. The molecule has 2 aliphatic rings. The Kier molecular flexibility index (Phi) is 8.25. The zero-order valence-corrected chi connectivity index (χ0v) is 18.7. The van der Waals surface area contributed by atoms with Gasteiger partial charge in [0.15, 0.2) is 11.5 Å². The number of nitrogens with zero attached hydrogens (tertiary/aromatic N) is 1. The summed E-state index contributed by atoms with van der Waals surface area (Å²) in [5.74, 6) is 0.674. The first kappa shape index (κ1) is 22.7. The van der Waals surface area contributed by atoms with E-state index in [4.69, 9.17) is 21.1 Å². The summed E-state index contributed by atoms with van der Waals surface area (Å²) in [6.07, 6.45) is 8.43. The highest BCUT2D eigenvalue weighted by molar-refractivity contribution is 6.27. The highest BCUT2D eigenvalue weighted by Crippen LogP contribution is 2.38. The second kappa shape index (κ2) is 10.9. The van der Waals surface area contributed by atoms with E-state index in [1.165, 1.54) is 12.8 Å². The van der Waals surface area contributed by atoms with E-state index in [1.807, 2.05) is 13.0 Å². The predicted octanol–water partition coefficient (Wildman–Crippen LogP) is 4.20. The Bertz CT molecular complexity index is 730. The zero-order chi connectivity index (χ0) is 21.5. The number of hydrogen-bond donors (Lipinski definition) is 1. The number of amides is 2. The van der Waals surface area contributed by atoms with E-state index in [0.29, 0.717) is 23.7 Å². The van der Waals surface area contributed by atoms with Crippen LogP contribution >= 0.6 is 11.6 Å². The van der Waals surface area contributed by atoms with Crippen molar-refractivity contribution in [3.8, 4) is 11.5 Å². The van der Waals surface area contributed by atoms with Crippen molar-refractivity contribution in [1.82, 2.24) is 10.2 Å². The van der Waals surface area contributed by atoms with E-state index in [-0.39, 0.29) is 29.8 Å². The number of carbonyl (C=O) groups is 2. The fraction of sp³-hybridized carbons (Fsp3) is 0.652. The third-order valence-corrected chi connectivity index (χ3v) is 6.10. The average Bonchev–Trinajstić information content (AvgIpc) is 3.60. The Morgan fingerprint density at radius 1 is 1.13 bits per heavy atom. The molecule has 166 valence electrons. The van der Waals surface area contributed by atoms with Crippen molar-refractivity contribution in [1.29, 1.82) is 0 Å². The molecule has 0 saturated heterocycles. The Hall–Kier alpha value is -1.95. The maximum atomic E-state index is 13.5. The molecule has 0 radical (unpaired) electrons. The van der Waals surface area contributed by atoms with Crippen molar-refractivity contribution in [2.75, 3.05) is 19.6 Å². The number of halogens is 1. The molecule has 3 rings (SSSR count). The van der Waals surface area contributed by atoms with Crippen LogP contribution in [0.4, 0.5) is 0 Å². The lowest BCUT2D eigenvalue weighted by molar-refractivity contribution is -0.140. The van der Waals surface area contributed by atoms with E-state index in [0.717, 1.165) is 38.5 Å². The molecule has 1 atom stereocenters. The smallest absolute Gasteiger partial charge is 0.247 e. The third-order valence-electron chi connectivity index (χ3n) is 5.87. The SMILES string of the molecule is CCOc1ccc(C(C(=O)NC2CCCCCC2)N(C(=O)CCl)C2CC2)cc1OC. The van der Waals surface area contributed by atoms with Gasteiger partial charge in [-0.3, -0.25) is 9.59 Å². The first-order valence-corrected chi connectivity index (χ1v) is 11.6. The minimum Gasteiger partial charge on any atom is -0.493 e. The molecular weight excluding hydrogens is 404 g/mol. The summed E-state index contributed by atoms with van der Waals surface area (Å²) in [7, 11) is 1.57. The van der Waals surface area contributed by atoms with Crippen LogP contribution in [0.3, 0.4) is 0 Å². The number of methoxy groups -OCH3 is 1. The van der Waals surface area contributed by atoms with Gasteiger partial charge < -0.3 is 19.7 Å². The van der Waals surface area contributed by atoms with Crippen LogP contribution in [0.25, 0.3) is 0 Å². The van der Waals surface area contributed by atoms with Crippen LogP contribution in [0.1, 0.15) is 69.9 Å². The van der Waals surface area contributed by atoms with E-state index in [9.17, 15) is 9.59 Å². The van der Waals surface area contributed by atoms with Gasteiger partial charge in [0.05, 0.1) is 13.7 Å². The number of carbonyl (C=O) groups excluding carboxylic acids is 2. The van der Waals surface area contributed by atoms with E-state index in [2.05, 4.69) is 5.32 Å². The second-order valence-corrected chi connectivity index (χ2v) is 8.38. The molecule has 6 nitrogen and oxygen atoms in total. The van der Waals surface area contributed by atoms with Gasteiger partial charge in [0, 0.05) is 12.1 Å². The monoisotopic (exact) mass is 436 g/mol. The molecule has 0 aliphatic heterocycles. The maximum absolute atomic E-state index is 13.5. The standard InChI is InChI=1S/C23H33ClN2O4/c1-3-30-19-13-10-16(14-20(19)29-2)22(26(18-11-12-18)21(27)15-24)23(28)25-17-8-6-4-5-7-9-17/h10,13-14,17-18,22H,3-9,11-12,15H2,1-2H3,(H,25,28). The summed E-state index contributed by atoms with van der Waals surface area (Å²) >= 11 is 5.93. The summed E-state index contributed by atoms with van der Waals surface area (Å²) in [5.41, 5.74) is 0.715. The van der Waals surface area contributed by atoms with Gasteiger partial charge in [-0.15, -0.1) is 11.6 Å². The molecule has 0 heterocycles. The number of benzene rings is 1. The summed E-state index contributed by atoms with van der Waals surface area (Å²) in [4.78, 5) is 27.9. The van der Waals surface area contributed by atoms with E-state index in [1.54, 1.807) is 24.1 Å². The van der Waals surface area contributed by atoms with Crippen LogP contribution in [0.15, 0.2) is 18.2 Å². The lowest BCUT2D eigenvalue weighted by Crippen LogP contribution is -2.47. The molecule has 2 aliphatic carbocycles. The van der Waals surface area contributed by atoms with Gasteiger partial charge in [-0.05, 0) is 50.3 Å². The molecule has 1 N–H and O–H groups in total. The number of hydrogen-bond acceptors (Lipinski definition) is 4. The second-order valence-electron chi connectivity index (χ2n) is 8.11. The number of nitrogens with one attached hydrogen (secondary N) is 1. The Morgan fingerprint density at radius 3 is 2.40 bits per heavy atom.